The fraction of sp³-hybridized carbons (Fsp3) is 0.176. The number of anilines is 2. The molecule has 146 valence electrons. The smallest absolute Gasteiger partial charge is 0.404 e. The second-order valence-corrected chi connectivity index (χ2v) is 5.94. The molecule has 0 unspecified atom stereocenters. The van der Waals surface area contributed by atoms with Crippen LogP contribution in [0.25, 0.3) is 11.0 Å². The van der Waals surface area contributed by atoms with Crippen molar-refractivity contribution in [3.05, 3.63) is 47.2 Å². The molecule has 3 rings (SSSR count). The minimum atomic E-state index is -4.85. The first kappa shape index (κ1) is 19.6. The first-order valence-corrected chi connectivity index (χ1v) is 8.32. The number of benzene rings is 1. The second-order valence-electron chi connectivity index (χ2n) is 5.53. The first-order chi connectivity index (χ1) is 13.2. The molecule has 0 radical (unpaired) electrons. The first-order valence-electron chi connectivity index (χ1n) is 7.94. The van der Waals surface area contributed by atoms with Crippen LogP contribution in [-0.4, -0.2) is 33.8 Å². The summed E-state index contributed by atoms with van der Waals surface area (Å²) in [5.74, 6) is -0.989. The second kappa shape index (κ2) is 7.47. The van der Waals surface area contributed by atoms with Crippen molar-refractivity contribution in [3.8, 4) is 5.75 Å². The van der Waals surface area contributed by atoms with Crippen LogP contribution >= 0.6 is 11.6 Å². The van der Waals surface area contributed by atoms with E-state index in [4.69, 9.17) is 17.3 Å². The average Bonchev–Trinajstić information content (AvgIpc) is 2.63. The van der Waals surface area contributed by atoms with Crippen molar-refractivity contribution in [1.29, 1.82) is 0 Å². The number of alkyl halides is 3. The maximum atomic E-state index is 12.4. The van der Waals surface area contributed by atoms with Crippen LogP contribution < -0.4 is 15.4 Å². The predicted molar refractivity (Wildman–Crippen MR) is 96.7 cm³/mol. The van der Waals surface area contributed by atoms with Gasteiger partial charge in [-0.3, -0.25) is 9.78 Å². The lowest BCUT2D eigenvalue weighted by atomic mass is 10.2. The van der Waals surface area contributed by atoms with Gasteiger partial charge in [0.25, 0.3) is 5.91 Å². The molecule has 0 saturated carbocycles. The summed E-state index contributed by atoms with van der Waals surface area (Å²) in [4.78, 5) is 25.9. The molecule has 0 aliphatic heterocycles. The number of hydrogen-bond acceptors (Lipinski definition) is 6. The standard InChI is InChI=1S/C17H13ClF3N5O2/c1-2-26(9-3-4-13(11(18)7-9)28-17(19,20)21)16-24-8-12-14(25-16)10(15(22)27)5-6-23-12/h3-8H,2H2,1H3,(H2,22,27). The summed E-state index contributed by atoms with van der Waals surface area (Å²) in [5.41, 5.74) is 6.63. The molecule has 0 aliphatic rings. The highest BCUT2D eigenvalue weighted by molar-refractivity contribution is 6.32. The Bertz CT molecular complexity index is 1040. The normalized spacial score (nSPS) is 11.5. The molecule has 2 heterocycles. The van der Waals surface area contributed by atoms with Crippen LogP contribution in [0.3, 0.4) is 0 Å². The molecule has 0 bridgehead atoms. The summed E-state index contributed by atoms with van der Waals surface area (Å²) in [6.07, 6.45) is -2.01. The van der Waals surface area contributed by atoms with Gasteiger partial charge in [-0.1, -0.05) is 11.6 Å². The average molecular weight is 412 g/mol. The fourth-order valence-electron chi connectivity index (χ4n) is 2.56. The van der Waals surface area contributed by atoms with Crippen molar-refractivity contribution in [3.63, 3.8) is 0 Å². The topological polar surface area (TPSA) is 94.2 Å². The van der Waals surface area contributed by atoms with Gasteiger partial charge in [-0.05, 0) is 31.2 Å². The van der Waals surface area contributed by atoms with E-state index in [9.17, 15) is 18.0 Å². The van der Waals surface area contributed by atoms with Crippen molar-refractivity contribution in [1.82, 2.24) is 15.0 Å². The quantitative estimate of drug-likeness (QED) is 0.685. The van der Waals surface area contributed by atoms with E-state index in [2.05, 4.69) is 19.7 Å². The zero-order valence-electron chi connectivity index (χ0n) is 14.4. The molecule has 0 saturated heterocycles. The highest BCUT2D eigenvalue weighted by Gasteiger charge is 2.32. The van der Waals surface area contributed by atoms with E-state index in [0.717, 1.165) is 6.07 Å². The van der Waals surface area contributed by atoms with Crippen LogP contribution in [-0.2, 0) is 0 Å². The van der Waals surface area contributed by atoms with Crippen LogP contribution in [0.1, 0.15) is 17.3 Å². The largest absolute Gasteiger partial charge is 0.573 e. The molecule has 0 spiro atoms. The SMILES string of the molecule is CCN(c1ccc(OC(F)(F)F)c(Cl)c1)c1ncc2nccc(C(N)=O)c2n1. The van der Waals surface area contributed by atoms with Crippen molar-refractivity contribution in [2.45, 2.75) is 13.3 Å². The molecule has 1 amide bonds. The zero-order valence-corrected chi connectivity index (χ0v) is 15.1. The molecule has 7 nitrogen and oxygen atoms in total. The number of rotatable bonds is 5. The molecule has 11 heteroatoms. The van der Waals surface area contributed by atoms with Crippen LogP contribution in [0, 0.1) is 0 Å². The summed E-state index contributed by atoms with van der Waals surface area (Å²) >= 11 is 5.92. The van der Waals surface area contributed by atoms with Crippen molar-refractivity contribution >= 4 is 40.2 Å². The van der Waals surface area contributed by atoms with Gasteiger partial charge in [0, 0.05) is 18.4 Å². The van der Waals surface area contributed by atoms with E-state index in [1.54, 1.807) is 11.8 Å². The third-order valence-corrected chi connectivity index (χ3v) is 4.04. The molecule has 0 atom stereocenters. The Morgan fingerprint density at radius 1 is 1.29 bits per heavy atom. The van der Waals surface area contributed by atoms with Gasteiger partial charge in [0.05, 0.1) is 16.8 Å². The molecule has 28 heavy (non-hydrogen) atoms. The molecule has 3 aromatic rings. The number of nitrogens with zero attached hydrogens (tertiary/aromatic N) is 4. The number of primary amides is 1. The van der Waals surface area contributed by atoms with Crippen molar-refractivity contribution < 1.29 is 22.7 Å². The predicted octanol–water partition coefficient (Wildman–Crippen LogP) is 3.83. The molecule has 1 aromatic carbocycles. The van der Waals surface area contributed by atoms with Crippen molar-refractivity contribution in [2.75, 3.05) is 11.4 Å². The highest BCUT2D eigenvalue weighted by Crippen LogP contribution is 2.34. The van der Waals surface area contributed by atoms with Gasteiger partial charge in [-0.25, -0.2) is 9.97 Å². The minimum Gasteiger partial charge on any atom is -0.404 e. The van der Waals surface area contributed by atoms with Gasteiger partial charge in [0.1, 0.15) is 16.8 Å². The lowest BCUT2D eigenvalue weighted by Crippen LogP contribution is -2.20. The Morgan fingerprint density at radius 2 is 2.04 bits per heavy atom. The van der Waals surface area contributed by atoms with Crippen LogP contribution in [0.2, 0.25) is 5.02 Å². The number of amides is 1. The number of carbonyl (C=O) groups excluding carboxylic acids is 1. The zero-order chi connectivity index (χ0) is 20.5. The van der Waals surface area contributed by atoms with Crippen molar-refractivity contribution in [2.24, 2.45) is 5.73 Å². The van der Waals surface area contributed by atoms with E-state index in [-0.39, 0.29) is 22.1 Å². The van der Waals surface area contributed by atoms with E-state index >= 15 is 0 Å². The maximum absolute atomic E-state index is 12.4. The van der Waals surface area contributed by atoms with Gasteiger partial charge in [0.15, 0.2) is 0 Å². The summed E-state index contributed by atoms with van der Waals surface area (Å²) in [5, 5.41) is -0.228. The molecule has 2 aromatic heterocycles. The Kier molecular flexibility index (Phi) is 5.23. The molecule has 0 fully saturated rings. The van der Waals surface area contributed by atoms with Gasteiger partial charge < -0.3 is 15.4 Å². The summed E-state index contributed by atoms with van der Waals surface area (Å²) in [6, 6.07) is 5.24. The molecule has 2 N–H and O–H groups in total. The van der Waals surface area contributed by atoms with Gasteiger partial charge >= 0.3 is 6.36 Å². The van der Waals surface area contributed by atoms with E-state index in [1.165, 1.54) is 30.6 Å². The van der Waals surface area contributed by atoms with E-state index in [1.807, 2.05) is 0 Å². The third kappa shape index (κ3) is 4.06. The molecule has 0 aliphatic carbocycles. The summed E-state index contributed by atoms with van der Waals surface area (Å²) in [6.45, 7) is 2.16. The van der Waals surface area contributed by atoms with Gasteiger partial charge in [0.2, 0.25) is 5.95 Å². The monoisotopic (exact) mass is 411 g/mol. The highest BCUT2D eigenvalue weighted by atomic mass is 35.5. The maximum Gasteiger partial charge on any atom is 0.573 e. The van der Waals surface area contributed by atoms with Crippen LogP contribution in [0.15, 0.2) is 36.7 Å². The number of nitrogens with two attached hydrogens (primary N) is 1. The Morgan fingerprint density at radius 3 is 2.64 bits per heavy atom. The molecular formula is C17H13ClF3N5O2. The number of halogens is 4. The van der Waals surface area contributed by atoms with E-state index < -0.39 is 18.0 Å². The molecular weight excluding hydrogens is 399 g/mol. The van der Waals surface area contributed by atoms with Gasteiger partial charge in [-0.15, -0.1) is 13.2 Å². The lowest BCUT2D eigenvalue weighted by Gasteiger charge is -2.22. The van der Waals surface area contributed by atoms with Gasteiger partial charge in [-0.2, -0.15) is 0 Å². The Balaban J connectivity index is 2.03. The number of carbonyl (C=O) groups is 1. The minimum absolute atomic E-state index is 0.177. The summed E-state index contributed by atoms with van der Waals surface area (Å²) in [7, 11) is 0. The number of hydrogen-bond donors (Lipinski definition) is 1. The Labute approximate surface area is 161 Å². The van der Waals surface area contributed by atoms with E-state index in [0.29, 0.717) is 17.7 Å². The van der Waals surface area contributed by atoms with Crippen LogP contribution in [0.4, 0.5) is 24.8 Å². The lowest BCUT2D eigenvalue weighted by molar-refractivity contribution is -0.274. The van der Waals surface area contributed by atoms with Crippen LogP contribution in [0.5, 0.6) is 5.75 Å². The Hall–Kier alpha value is -3.14. The number of aromatic nitrogens is 3. The number of pyridine rings is 1. The third-order valence-electron chi connectivity index (χ3n) is 3.74. The number of fused-ring (bicyclic) bond motifs is 1. The fourth-order valence-corrected chi connectivity index (χ4v) is 2.78. The summed E-state index contributed by atoms with van der Waals surface area (Å²) < 4.78 is 41.1. The number of ether oxygens (including phenoxy) is 1.